The van der Waals surface area contributed by atoms with E-state index < -0.39 is 22.9 Å². The van der Waals surface area contributed by atoms with Gasteiger partial charge in [-0.2, -0.15) is 5.26 Å². The number of carbonyl (C=O) groups excluding carboxylic acids is 1. The Labute approximate surface area is 150 Å². The Hall–Kier alpha value is -3.05. The van der Waals surface area contributed by atoms with Crippen LogP contribution in [0.25, 0.3) is 0 Å². The molecule has 0 saturated carbocycles. The minimum Gasteiger partial charge on any atom is -0.460 e. The number of nitrogens with zero attached hydrogens (tertiary/aromatic N) is 3. The van der Waals surface area contributed by atoms with Gasteiger partial charge in [0.2, 0.25) is 0 Å². The number of hydrogen-bond donors (Lipinski definition) is 0. The molecule has 0 bridgehead atoms. The van der Waals surface area contributed by atoms with Crippen LogP contribution in [0.3, 0.4) is 0 Å². The van der Waals surface area contributed by atoms with Gasteiger partial charge in [0.15, 0.2) is 0 Å². The zero-order valence-electron chi connectivity index (χ0n) is 14.8. The Morgan fingerprint density at radius 3 is 2.73 bits per heavy atom. The van der Waals surface area contributed by atoms with Crippen LogP contribution in [-0.4, -0.2) is 43.0 Å². The fraction of sp³-hybridized carbons (Fsp3) is 0.389. The number of rotatable bonds is 6. The minimum absolute atomic E-state index is 0.0307. The summed E-state index contributed by atoms with van der Waals surface area (Å²) in [7, 11) is 1.48. The van der Waals surface area contributed by atoms with E-state index in [-0.39, 0.29) is 18.8 Å². The van der Waals surface area contributed by atoms with Gasteiger partial charge in [-0.05, 0) is 31.5 Å². The fourth-order valence-corrected chi connectivity index (χ4v) is 3.01. The molecule has 0 aromatic heterocycles. The van der Waals surface area contributed by atoms with Crippen LogP contribution in [0.2, 0.25) is 0 Å². The summed E-state index contributed by atoms with van der Waals surface area (Å²) < 4.78 is 10.0. The van der Waals surface area contributed by atoms with Gasteiger partial charge in [0, 0.05) is 17.7 Å². The summed E-state index contributed by atoms with van der Waals surface area (Å²) in [5.41, 5.74) is 1.65. The number of allylic oxidation sites excluding steroid dienone is 1. The van der Waals surface area contributed by atoms with E-state index in [1.165, 1.54) is 7.11 Å². The number of methoxy groups -OCH3 is 1. The van der Waals surface area contributed by atoms with E-state index in [0.29, 0.717) is 22.5 Å². The van der Waals surface area contributed by atoms with Crippen LogP contribution in [0, 0.1) is 21.4 Å². The lowest BCUT2D eigenvalue weighted by atomic mass is 9.80. The summed E-state index contributed by atoms with van der Waals surface area (Å²) in [5, 5.41) is 20.8. The summed E-state index contributed by atoms with van der Waals surface area (Å²) in [6, 6.07) is 7.25. The van der Waals surface area contributed by atoms with Gasteiger partial charge >= 0.3 is 5.97 Å². The standard InChI is InChI=1S/C18H19N3O5/c1-11-15(18(22)26-8-7-25-3)16(17(21(23)24)12(2)20-11)14-6-4-5-13(9-14)10-19/h4-6,9,16-17H,7-8H2,1-3H3. The van der Waals surface area contributed by atoms with E-state index in [2.05, 4.69) is 4.99 Å². The van der Waals surface area contributed by atoms with Gasteiger partial charge < -0.3 is 9.47 Å². The maximum atomic E-state index is 12.6. The van der Waals surface area contributed by atoms with E-state index >= 15 is 0 Å². The van der Waals surface area contributed by atoms with Crippen molar-refractivity contribution in [2.45, 2.75) is 25.8 Å². The minimum atomic E-state index is -1.21. The van der Waals surface area contributed by atoms with Crippen molar-refractivity contribution in [2.24, 2.45) is 4.99 Å². The predicted octanol–water partition coefficient (Wildman–Crippen LogP) is 2.23. The Bertz CT molecular complexity index is 822. The van der Waals surface area contributed by atoms with Gasteiger partial charge in [0.05, 0.1) is 35.4 Å². The first-order valence-corrected chi connectivity index (χ1v) is 7.96. The molecule has 2 atom stereocenters. The predicted molar refractivity (Wildman–Crippen MR) is 93.3 cm³/mol. The molecule has 8 heteroatoms. The van der Waals surface area contributed by atoms with Crippen molar-refractivity contribution in [3.05, 3.63) is 56.8 Å². The van der Waals surface area contributed by atoms with Crippen LogP contribution in [0.15, 0.2) is 40.5 Å². The molecular weight excluding hydrogens is 338 g/mol. The Balaban J connectivity index is 2.55. The summed E-state index contributed by atoms with van der Waals surface area (Å²) in [6.45, 7) is 3.43. The number of ether oxygens (including phenoxy) is 2. The van der Waals surface area contributed by atoms with Gasteiger partial charge in [-0.3, -0.25) is 15.1 Å². The highest BCUT2D eigenvalue weighted by molar-refractivity contribution is 5.98. The van der Waals surface area contributed by atoms with Gasteiger partial charge in [-0.15, -0.1) is 0 Å². The summed E-state index contributed by atoms with van der Waals surface area (Å²) in [5.74, 6) is -1.55. The molecular formula is C18H19N3O5. The van der Waals surface area contributed by atoms with Crippen molar-refractivity contribution in [2.75, 3.05) is 20.3 Å². The molecule has 1 aromatic rings. The van der Waals surface area contributed by atoms with Crippen LogP contribution >= 0.6 is 0 Å². The van der Waals surface area contributed by atoms with E-state index in [0.717, 1.165) is 0 Å². The lowest BCUT2D eigenvalue weighted by molar-refractivity contribution is -0.505. The molecule has 2 rings (SSSR count). The highest BCUT2D eigenvalue weighted by atomic mass is 16.6. The van der Waals surface area contributed by atoms with Gasteiger partial charge in [-0.25, -0.2) is 4.79 Å². The first kappa shape index (κ1) is 19.3. The molecule has 0 aliphatic carbocycles. The lowest BCUT2D eigenvalue weighted by Crippen LogP contribution is -2.40. The second-order valence-electron chi connectivity index (χ2n) is 5.83. The van der Waals surface area contributed by atoms with Crippen molar-refractivity contribution < 1.29 is 19.2 Å². The Kier molecular flexibility index (Phi) is 6.20. The van der Waals surface area contributed by atoms with Crippen LogP contribution in [0.1, 0.15) is 30.9 Å². The maximum Gasteiger partial charge on any atom is 0.336 e. The maximum absolute atomic E-state index is 12.6. The number of hydrogen-bond acceptors (Lipinski definition) is 7. The summed E-state index contributed by atoms with van der Waals surface area (Å²) >= 11 is 0. The smallest absolute Gasteiger partial charge is 0.336 e. The molecule has 0 N–H and O–H groups in total. The third kappa shape index (κ3) is 3.95. The normalized spacial score (nSPS) is 19.5. The van der Waals surface area contributed by atoms with Crippen LogP contribution < -0.4 is 0 Å². The average molecular weight is 357 g/mol. The third-order valence-corrected chi connectivity index (χ3v) is 4.13. The topological polar surface area (TPSA) is 115 Å². The molecule has 26 heavy (non-hydrogen) atoms. The molecule has 0 fully saturated rings. The largest absolute Gasteiger partial charge is 0.460 e. The SMILES string of the molecule is COCCOC(=O)C1=C(C)N=C(C)C([N+](=O)[O-])C1c1cccc(C#N)c1. The van der Waals surface area contributed by atoms with E-state index in [4.69, 9.17) is 14.7 Å². The summed E-state index contributed by atoms with van der Waals surface area (Å²) in [6.07, 6.45) is 0. The van der Waals surface area contributed by atoms with Crippen molar-refractivity contribution in [1.82, 2.24) is 0 Å². The van der Waals surface area contributed by atoms with Crippen molar-refractivity contribution in [3.8, 4) is 6.07 Å². The number of benzene rings is 1. The van der Waals surface area contributed by atoms with Crippen LogP contribution in [-0.2, 0) is 14.3 Å². The molecule has 1 aliphatic rings. The van der Waals surface area contributed by atoms with Crippen molar-refractivity contribution in [3.63, 3.8) is 0 Å². The molecule has 8 nitrogen and oxygen atoms in total. The monoisotopic (exact) mass is 357 g/mol. The van der Waals surface area contributed by atoms with Gasteiger partial charge in [-0.1, -0.05) is 12.1 Å². The number of aliphatic imine (C=N–C) groups is 1. The molecule has 0 radical (unpaired) electrons. The molecule has 136 valence electrons. The van der Waals surface area contributed by atoms with Gasteiger partial charge in [0.1, 0.15) is 6.61 Å². The highest BCUT2D eigenvalue weighted by Gasteiger charge is 2.44. The second-order valence-corrected chi connectivity index (χ2v) is 5.83. The quantitative estimate of drug-likeness (QED) is 0.334. The third-order valence-electron chi connectivity index (χ3n) is 4.13. The molecule has 0 amide bonds. The number of carbonyl (C=O) groups is 1. The van der Waals surface area contributed by atoms with E-state index in [1.807, 2.05) is 6.07 Å². The lowest BCUT2D eigenvalue weighted by Gasteiger charge is -2.27. The van der Waals surface area contributed by atoms with Crippen LogP contribution in [0.5, 0.6) is 0 Å². The number of nitro groups is 1. The van der Waals surface area contributed by atoms with E-state index in [9.17, 15) is 14.9 Å². The Morgan fingerprint density at radius 2 is 2.12 bits per heavy atom. The average Bonchev–Trinajstić information content (AvgIpc) is 2.60. The summed E-state index contributed by atoms with van der Waals surface area (Å²) in [4.78, 5) is 28.0. The Morgan fingerprint density at radius 1 is 1.38 bits per heavy atom. The molecule has 0 spiro atoms. The molecule has 2 unspecified atom stereocenters. The highest BCUT2D eigenvalue weighted by Crippen LogP contribution is 2.37. The number of nitriles is 1. The van der Waals surface area contributed by atoms with E-state index in [1.54, 1.807) is 38.1 Å². The zero-order valence-corrected chi connectivity index (χ0v) is 14.8. The molecule has 1 aromatic carbocycles. The molecule has 0 saturated heterocycles. The molecule has 1 heterocycles. The number of esters is 1. The van der Waals surface area contributed by atoms with Crippen LogP contribution in [0.4, 0.5) is 0 Å². The van der Waals surface area contributed by atoms with Gasteiger partial charge in [0.25, 0.3) is 6.04 Å². The second kappa shape index (κ2) is 8.36. The first-order chi connectivity index (χ1) is 12.4. The van der Waals surface area contributed by atoms with Crippen molar-refractivity contribution >= 4 is 11.7 Å². The first-order valence-electron chi connectivity index (χ1n) is 7.96. The molecule has 1 aliphatic heterocycles. The van der Waals surface area contributed by atoms with Crippen molar-refractivity contribution in [1.29, 1.82) is 5.26 Å². The zero-order chi connectivity index (χ0) is 19.3. The fourth-order valence-electron chi connectivity index (χ4n) is 3.01.